The minimum absolute atomic E-state index is 0.291. The molecule has 0 saturated carbocycles. The number of nitrogen functional groups attached to an aromatic ring is 1. The Morgan fingerprint density at radius 2 is 1.89 bits per heavy atom. The van der Waals surface area contributed by atoms with E-state index in [2.05, 4.69) is 5.32 Å². The molecule has 0 amide bonds. The summed E-state index contributed by atoms with van der Waals surface area (Å²) in [7, 11) is 1.61. The van der Waals surface area contributed by atoms with Gasteiger partial charge in [0.15, 0.2) is 0 Å². The van der Waals surface area contributed by atoms with Crippen LogP contribution < -0.4 is 15.8 Å². The molecule has 5 heteroatoms. The summed E-state index contributed by atoms with van der Waals surface area (Å²) < 4.78 is 19.0. The normalized spacial score (nSPS) is 10.2. The van der Waals surface area contributed by atoms with Gasteiger partial charge in [0.25, 0.3) is 0 Å². The molecule has 0 unspecified atom stereocenters. The molecule has 0 radical (unpaired) electrons. The first-order chi connectivity index (χ1) is 8.60. The lowest BCUT2D eigenvalue weighted by atomic mass is 10.2. The summed E-state index contributed by atoms with van der Waals surface area (Å²) in [5, 5.41) is 3.07. The number of methoxy groups -OCH3 is 1. The molecule has 0 heterocycles. The lowest BCUT2D eigenvalue weighted by Gasteiger charge is -2.10. The summed E-state index contributed by atoms with van der Waals surface area (Å²) in [6.45, 7) is 0. The average molecular weight is 358 g/mol. The smallest absolute Gasteiger partial charge is 0.138 e. The first-order valence-electron chi connectivity index (χ1n) is 5.26. The first-order valence-corrected chi connectivity index (χ1v) is 6.33. The van der Waals surface area contributed by atoms with Crippen molar-refractivity contribution in [3.8, 4) is 5.75 Å². The van der Waals surface area contributed by atoms with Gasteiger partial charge in [0.2, 0.25) is 0 Å². The summed E-state index contributed by atoms with van der Waals surface area (Å²) in [6, 6.07) is 10.3. The Bertz CT molecular complexity index is 558. The van der Waals surface area contributed by atoms with Gasteiger partial charge in [-0.3, -0.25) is 0 Å². The van der Waals surface area contributed by atoms with Crippen LogP contribution in [0.2, 0.25) is 0 Å². The summed E-state index contributed by atoms with van der Waals surface area (Å²) in [6.07, 6.45) is 0. The molecule has 0 fully saturated rings. The van der Waals surface area contributed by atoms with E-state index in [0.29, 0.717) is 14.9 Å². The van der Waals surface area contributed by atoms with Crippen LogP contribution in [0.3, 0.4) is 0 Å². The number of rotatable bonds is 3. The molecule has 0 aromatic heterocycles. The highest BCUT2D eigenvalue weighted by molar-refractivity contribution is 14.1. The predicted octanol–water partition coefficient (Wildman–Crippen LogP) is 3.76. The molecule has 2 rings (SSSR count). The third-order valence-corrected chi connectivity index (χ3v) is 3.29. The second kappa shape index (κ2) is 5.43. The van der Waals surface area contributed by atoms with Crippen molar-refractivity contribution < 1.29 is 9.13 Å². The number of hydrogen-bond acceptors (Lipinski definition) is 3. The Balaban J connectivity index is 2.25. The SMILES string of the molecule is COc1ccc(Nc2cc(F)c(I)cc2N)cc1. The zero-order valence-electron chi connectivity index (χ0n) is 9.71. The van der Waals surface area contributed by atoms with E-state index >= 15 is 0 Å². The van der Waals surface area contributed by atoms with Gasteiger partial charge in [0.05, 0.1) is 22.1 Å². The highest BCUT2D eigenvalue weighted by atomic mass is 127. The van der Waals surface area contributed by atoms with Crippen molar-refractivity contribution in [2.75, 3.05) is 18.2 Å². The number of nitrogens with one attached hydrogen (secondary N) is 1. The van der Waals surface area contributed by atoms with Gasteiger partial charge in [-0.1, -0.05) is 0 Å². The number of benzene rings is 2. The largest absolute Gasteiger partial charge is 0.497 e. The minimum Gasteiger partial charge on any atom is -0.497 e. The van der Waals surface area contributed by atoms with E-state index < -0.39 is 0 Å². The molecular formula is C13H12FIN2O. The van der Waals surface area contributed by atoms with Crippen LogP contribution >= 0.6 is 22.6 Å². The van der Waals surface area contributed by atoms with Gasteiger partial charge in [-0.25, -0.2) is 4.39 Å². The monoisotopic (exact) mass is 358 g/mol. The number of anilines is 3. The second-order valence-electron chi connectivity index (χ2n) is 3.71. The summed E-state index contributed by atoms with van der Waals surface area (Å²) in [5.74, 6) is 0.475. The Morgan fingerprint density at radius 3 is 2.50 bits per heavy atom. The minimum atomic E-state index is -0.291. The van der Waals surface area contributed by atoms with Crippen LogP contribution in [0.15, 0.2) is 36.4 Å². The maximum Gasteiger partial charge on any atom is 0.138 e. The lowest BCUT2D eigenvalue weighted by molar-refractivity contribution is 0.415. The van der Waals surface area contributed by atoms with E-state index in [0.717, 1.165) is 11.4 Å². The molecule has 0 bridgehead atoms. The van der Waals surface area contributed by atoms with Gasteiger partial charge >= 0.3 is 0 Å². The third kappa shape index (κ3) is 2.84. The van der Waals surface area contributed by atoms with Crippen molar-refractivity contribution in [1.29, 1.82) is 0 Å². The summed E-state index contributed by atoms with van der Waals surface area (Å²) >= 11 is 1.91. The van der Waals surface area contributed by atoms with Gasteiger partial charge in [-0.15, -0.1) is 0 Å². The molecule has 18 heavy (non-hydrogen) atoms. The fourth-order valence-electron chi connectivity index (χ4n) is 1.50. The Morgan fingerprint density at radius 1 is 1.22 bits per heavy atom. The van der Waals surface area contributed by atoms with Gasteiger partial charge in [-0.2, -0.15) is 0 Å². The van der Waals surface area contributed by atoms with E-state index in [1.807, 2.05) is 46.9 Å². The van der Waals surface area contributed by atoms with E-state index in [4.69, 9.17) is 10.5 Å². The van der Waals surface area contributed by atoms with Crippen LogP contribution in [0.25, 0.3) is 0 Å². The predicted molar refractivity (Wildman–Crippen MR) is 79.8 cm³/mol. The van der Waals surface area contributed by atoms with Crippen molar-refractivity contribution >= 4 is 39.7 Å². The molecule has 2 aromatic rings. The van der Waals surface area contributed by atoms with Crippen LogP contribution in [-0.4, -0.2) is 7.11 Å². The Labute approximate surface area is 118 Å². The summed E-state index contributed by atoms with van der Waals surface area (Å²) in [5.41, 5.74) is 7.72. The number of ether oxygens (including phenoxy) is 1. The molecule has 0 spiro atoms. The van der Waals surface area contributed by atoms with Gasteiger partial charge in [0.1, 0.15) is 11.6 Å². The zero-order chi connectivity index (χ0) is 13.1. The molecule has 2 aromatic carbocycles. The molecule has 0 aliphatic rings. The number of halogens is 2. The van der Waals surface area contributed by atoms with E-state index in [1.165, 1.54) is 6.07 Å². The molecule has 3 N–H and O–H groups in total. The van der Waals surface area contributed by atoms with Crippen molar-refractivity contribution in [1.82, 2.24) is 0 Å². The molecule has 0 aliphatic carbocycles. The van der Waals surface area contributed by atoms with Crippen LogP contribution in [0.5, 0.6) is 5.75 Å². The van der Waals surface area contributed by atoms with Gasteiger partial charge in [0, 0.05) is 11.8 Å². The lowest BCUT2D eigenvalue weighted by Crippen LogP contribution is -1.98. The quantitative estimate of drug-likeness (QED) is 0.649. The standard InChI is InChI=1S/C13H12FIN2O/c1-18-9-4-2-8(3-5-9)17-13-6-10(14)11(15)7-12(13)16/h2-7,17H,16H2,1H3. The first kappa shape index (κ1) is 12.9. The maximum atomic E-state index is 13.5. The van der Waals surface area contributed by atoms with Crippen LogP contribution in [0.4, 0.5) is 21.5 Å². The van der Waals surface area contributed by atoms with Crippen molar-refractivity contribution in [2.45, 2.75) is 0 Å². The third-order valence-electron chi connectivity index (χ3n) is 2.46. The van der Waals surface area contributed by atoms with Crippen molar-refractivity contribution in [3.05, 3.63) is 45.8 Å². The molecule has 0 aliphatic heterocycles. The van der Waals surface area contributed by atoms with Crippen LogP contribution in [0, 0.1) is 9.39 Å². The van der Waals surface area contributed by atoms with E-state index in [-0.39, 0.29) is 5.82 Å². The molecule has 0 atom stereocenters. The summed E-state index contributed by atoms with van der Waals surface area (Å²) in [4.78, 5) is 0. The van der Waals surface area contributed by atoms with Crippen molar-refractivity contribution in [3.63, 3.8) is 0 Å². The zero-order valence-corrected chi connectivity index (χ0v) is 11.9. The molecular weight excluding hydrogens is 346 g/mol. The van der Waals surface area contributed by atoms with Crippen molar-refractivity contribution in [2.24, 2.45) is 0 Å². The molecule has 94 valence electrons. The van der Waals surface area contributed by atoms with Crippen LogP contribution in [-0.2, 0) is 0 Å². The van der Waals surface area contributed by atoms with Crippen LogP contribution in [0.1, 0.15) is 0 Å². The highest BCUT2D eigenvalue weighted by Crippen LogP contribution is 2.27. The highest BCUT2D eigenvalue weighted by Gasteiger charge is 2.06. The maximum absolute atomic E-state index is 13.5. The molecule has 0 saturated heterocycles. The van der Waals surface area contributed by atoms with E-state index in [9.17, 15) is 4.39 Å². The van der Waals surface area contributed by atoms with Gasteiger partial charge < -0.3 is 15.8 Å². The van der Waals surface area contributed by atoms with Gasteiger partial charge in [-0.05, 0) is 52.9 Å². The molecule has 3 nitrogen and oxygen atoms in total. The Kier molecular flexibility index (Phi) is 3.90. The Hall–Kier alpha value is -1.50. The topological polar surface area (TPSA) is 47.3 Å². The second-order valence-corrected chi connectivity index (χ2v) is 4.87. The number of hydrogen-bond donors (Lipinski definition) is 2. The van der Waals surface area contributed by atoms with E-state index in [1.54, 1.807) is 13.2 Å². The fourth-order valence-corrected chi connectivity index (χ4v) is 1.99. The average Bonchev–Trinajstić information content (AvgIpc) is 2.37. The fraction of sp³-hybridized carbons (Fsp3) is 0.0769. The number of nitrogens with two attached hydrogens (primary N) is 1.